The number of hydrogen-bond acceptors (Lipinski definition) is 3. The molecule has 5 heteroatoms. The summed E-state index contributed by atoms with van der Waals surface area (Å²) in [5.74, 6) is -2.29. The van der Waals surface area contributed by atoms with Crippen LogP contribution in [0.4, 0.5) is 4.39 Å². The Morgan fingerprint density at radius 2 is 1.92 bits per heavy atom. The number of hydrogen-bond donors (Lipinski definition) is 1. The zero-order valence-corrected chi connectivity index (χ0v) is 14.3. The Bertz CT molecular complexity index is 915. The lowest BCUT2D eigenvalue weighted by atomic mass is 9.95. The fourth-order valence-electron chi connectivity index (χ4n) is 3.10. The van der Waals surface area contributed by atoms with Gasteiger partial charge in [0.25, 0.3) is 11.7 Å². The highest BCUT2D eigenvalue weighted by Gasteiger charge is 2.45. The summed E-state index contributed by atoms with van der Waals surface area (Å²) in [5.41, 5.74) is 1.79. The smallest absolute Gasteiger partial charge is 0.295 e. The number of rotatable bonds is 4. The van der Waals surface area contributed by atoms with Crippen molar-refractivity contribution in [2.24, 2.45) is 0 Å². The molecule has 1 aliphatic heterocycles. The van der Waals surface area contributed by atoms with Gasteiger partial charge in [-0.15, -0.1) is 6.58 Å². The van der Waals surface area contributed by atoms with Crippen molar-refractivity contribution in [1.82, 2.24) is 4.90 Å². The quantitative estimate of drug-likeness (QED) is 0.395. The number of likely N-dealkylation sites (tertiary alicyclic amines) is 1. The molecule has 0 radical (unpaired) electrons. The molecule has 0 aromatic heterocycles. The van der Waals surface area contributed by atoms with Crippen LogP contribution in [-0.4, -0.2) is 28.2 Å². The third kappa shape index (κ3) is 3.04. The standard InChI is InChI=1S/C21H18FNO3/c1-3-11-23-18(15-5-4-6-16(22)12-15)17(20(25)21(23)26)19(24)14-9-7-13(2)8-10-14/h3-10,12,18,24H,1,11H2,2H3/t18-/m0/s1. The Balaban J connectivity index is 2.21. The Labute approximate surface area is 150 Å². The first kappa shape index (κ1) is 17.6. The zero-order chi connectivity index (χ0) is 18.8. The highest BCUT2D eigenvalue weighted by molar-refractivity contribution is 6.46. The van der Waals surface area contributed by atoms with Crippen LogP contribution in [-0.2, 0) is 9.59 Å². The van der Waals surface area contributed by atoms with Gasteiger partial charge in [0.15, 0.2) is 0 Å². The van der Waals surface area contributed by atoms with Gasteiger partial charge in [0.05, 0.1) is 11.6 Å². The van der Waals surface area contributed by atoms with Crippen molar-refractivity contribution >= 4 is 17.4 Å². The van der Waals surface area contributed by atoms with Crippen LogP contribution in [0.5, 0.6) is 0 Å². The topological polar surface area (TPSA) is 57.6 Å². The predicted molar refractivity (Wildman–Crippen MR) is 96.8 cm³/mol. The fraction of sp³-hybridized carbons (Fsp3) is 0.143. The Morgan fingerprint density at radius 1 is 1.23 bits per heavy atom. The molecule has 0 aliphatic carbocycles. The van der Waals surface area contributed by atoms with Crippen LogP contribution < -0.4 is 0 Å². The lowest BCUT2D eigenvalue weighted by Crippen LogP contribution is -2.29. The minimum absolute atomic E-state index is 0.0497. The molecule has 1 heterocycles. The second-order valence-electron chi connectivity index (χ2n) is 6.16. The summed E-state index contributed by atoms with van der Waals surface area (Å²) in [4.78, 5) is 26.3. The molecule has 26 heavy (non-hydrogen) atoms. The first-order chi connectivity index (χ1) is 12.4. The van der Waals surface area contributed by atoms with Crippen LogP contribution in [0.25, 0.3) is 5.76 Å². The van der Waals surface area contributed by atoms with E-state index in [0.29, 0.717) is 11.1 Å². The van der Waals surface area contributed by atoms with Crippen LogP contribution in [0.3, 0.4) is 0 Å². The maximum Gasteiger partial charge on any atom is 0.295 e. The van der Waals surface area contributed by atoms with Crippen molar-refractivity contribution in [3.63, 3.8) is 0 Å². The van der Waals surface area contributed by atoms with Crippen molar-refractivity contribution in [1.29, 1.82) is 0 Å². The van der Waals surface area contributed by atoms with E-state index in [2.05, 4.69) is 6.58 Å². The molecular weight excluding hydrogens is 333 g/mol. The number of benzene rings is 2. The number of Topliss-reactive ketones (excluding diaryl/α,β-unsaturated/α-hetero) is 1. The van der Waals surface area contributed by atoms with Crippen LogP contribution >= 0.6 is 0 Å². The number of aliphatic hydroxyl groups is 1. The molecule has 3 rings (SSSR count). The molecule has 132 valence electrons. The number of halogens is 1. The second-order valence-corrected chi connectivity index (χ2v) is 6.16. The lowest BCUT2D eigenvalue weighted by Gasteiger charge is -2.24. The van der Waals surface area contributed by atoms with Gasteiger partial charge in [-0.2, -0.15) is 0 Å². The van der Waals surface area contributed by atoms with Crippen LogP contribution in [0.1, 0.15) is 22.7 Å². The molecule has 1 aliphatic rings. The molecule has 1 fully saturated rings. The van der Waals surface area contributed by atoms with Crippen molar-refractivity contribution in [3.8, 4) is 0 Å². The van der Waals surface area contributed by atoms with E-state index in [1.165, 1.54) is 29.2 Å². The van der Waals surface area contributed by atoms with Gasteiger partial charge in [0, 0.05) is 12.1 Å². The number of nitrogens with zero attached hydrogens (tertiary/aromatic N) is 1. The molecule has 0 saturated carbocycles. The molecule has 1 N–H and O–H groups in total. The SMILES string of the molecule is C=CCN1C(=O)C(=O)C(=C(O)c2ccc(C)cc2)[C@@H]1c1cccc(F)c1. The molecular formula is C21H18FNO3. The third-order valence-electron chi connectivity index (χ3n) is 4.36. The van der Waals surface area contributed by atoms with Crippen molar-refractivity contribution in [2.45, 2.75) is 13.0 Å². The first-order valence-electron chi connectivity index (χ1n) is 8.16. The summed E-state index contributed by atoms with van der Waals surface area (Å²) >= 11 is 0. The molecule has 0 spiro atoms. The average molecular weight is 351 g/mol. The number of aliphatic hydroxyl groups excluding tert-OH is 1. The summed E-state index contributed by atoms with van der Waals surface area (Å²) in [6, 6.07) is 11.7. The minimum Gasteiger partial charge on any atom is -0.507 e. The summed E-state index contributed by atoms with van der Waals surface area (Å²) in [5, 5.41) is 10.7. The fourth-order valence-corrected chi connectivity index (χ4v) is 3.10. The van der Waals surface area contributed by atoms with Crippen molar-refractivity contribution in [2.75, 3.05) is 6.54 Å². The Morgan fingerprint density at radius 3 is 2.54 bits per heavy atom. The van der Waals surface area contributed by atoms with Gasteiger partial charge >= 0.3 is 0 Å². The lowest BCUT2D eigenvalue weighted by molar-refractivity contribution is -0.139. The molecule has 0 unspecified atom stereocenters. The molecule has 2 aromatic rings. The summed E-state index contributed by atoms with van der Waals surface area (Å²) < 4.78 is 13.7. The van der Waals surface area contributed by atoms with Gasteiger partial charge in [0.1, 0.15) is 11.6 Å². The molecule has 1 atom stereocenters. The van der Waals surface area contributed by atoms with Crippen LogP contribution in [0, 0.1) is 12.7 Å². The van der Waals surface area contributed by atoms with Crippen molar-refractivity contribution in [3.05, 3.63) is 89.3 Å². The van der Waals surface area contributed by atoms with Gasteiger partial charge in [0.2, 0.25) is 0 Å². The van der Waals surface area contributed by atoms with Crippen LogP contribution in [0.15, 0.2) is 66.8 Å². The molecule has 4 nitrogen and oxygen atoms in total. The van der Waals surface area contributed by atoms with Gasteiger partial charge in [-0.25, -0.2) is 4.39 Å². The largest absolute Gasteiger partial charge is 0.507 e. The second kappa shape index (κ2) is 6.96. The van der Waals surface area contributed by atoms with Gasteiger partial charge in [-0.3, -0.25) is 9.59 Å². The van der Waals surface area contributed by atoms with E-state index < -0.39 is 23.5 Å². The highest BCUT2D eigenvalue weighted by Crippen LogP contribution is 2.39. The first-order valence-corrected chi connectivity index (χ1v) is 8.16. The maximum atomic E-state index is 13.7. The zero-order valence-electron chi connectivity index (χ0n) is 14.3. The predicted octanol–water partition coefficient (Wildman–Crippen LogP) is 3.74. The number of ketones is 1. The number of amides is 1. The number of aryl methyl sites for hydroxylation is 1. The Kier molecular flexibility index (Phi) is 4.71. The molecule has 1 amide bonds. The van der Waals surface area contributed by atoms with E-state index in [9.17, 15) is 19.1 Å². The number of carbonyl (C=O) groups excluding carboxylic acids is 2. The van der Waals surface area contributed by atoms with E-state index in [0.717, 1.165) is 5.56 Å². The minimum atomic E-state index is -0.870. The van der Waals surface area contributed by atoms with E-state index in [1.807, 2.05) is 6.92 Å². The summed E-state index contributed by atoms with van der Waals surface area (Å²) in [6.45, 7) is 5.62. The average Bonchev–Trinajstić information content (AvgIpc) is 2.87. The monoisotopic (exact) mass is 351 g/mol. The van der Waals surface area contributed by atoms with Gasteiger partial charge < -0.3 is 10.0 Å². The molecule has 2 aromatic carbocycles. The van der Waals surface area contributed by atoms with Gasteiger partial charge in [-0.1, -0.05) is 48.0 Å². The third-order valence-corrected chi connectivity index (χ3v) is 4.36. The maximum absolute atomic E-state index is 13.7. The van der Waals surface area contributed by atoms with Crippen LogP contribution in [0.2, 0.25) is 0 Å². The normalized spacial score (nSPS) is 19.0. The Hall–Kier alpha value is -3.21. The summed E-state index contributed by atoms with van der Waals surface area (Å²) in [6.07, 6.45) is 1.49. The molecule has 1 saturated heterocycles. The molecule has 0 bridgehead atoms. The van der Waals surface area contributed by atoms with Crippen molar-refractivity contribution < 1.29 is 19.1 Å². The van der Waals surface area contributed by atoms with E-state index >= 15 is 0 Å². The highest BCUT2D eigenvalue weighted by atomic mass is 19.1. The summed E-state index contributed by atoms with van der Waals surface area (Å²) in [7, 11) is 0. The van der Waals surface area contributed by atoms with Gasteiger partial charge in [-0.05, 0) is 24.6 Å². The van der Waals surface area contributed by atoms with E-state index in [4.69, 9.17) is 0 Å². The van der Waals surface area contributed by atoms with E-state index in [1.54, 1.807) is 30.3 Å². The number of carbonyl (C=O) groups is 2. The van der Waals surface area contributed by atoms with E-state index in [-0.39, 0.29) is 17.9 Å².